The fraction of sp³-hybridized carbons (Fsp3) is 1.00. The Hall–Kier alpha value is 0.270. The van der Waals surface area contributed by atoms with Gasteiger partial charge in [0, 0.05) is 24.9 Å². The molecule has 0 bridgehead atoms. The Kier molecular flexibility index (Phi) is 10.0. The highest BCUT2D eigenvalue weighted by atomic mass is 32.2. The zero-order valence-corrected chi connectivity index (χ0v) is 10.8. The van der Waals surface area contributed by atoms with Gasteiger partial charge in [0.1, 0.15) is 0 Å². The highest BCUT2D eigenvalue weighted by Gasteiger charge is 1.99. The average molecular weight is 219 g/mol. The predicted molar refractivity (Wildman–Crippen MR) is 66.1 cm³/mol. The predicted octanol–water partition coefficient (Wildman–Crippen LogP) is 2.39. The molecule has 0 aromatic carbocycles. The molecule has 1 atom stereocenters. The summed E-state index contributed by atoms with van der Waals surface area (Å²) in [5, 5.41) is 3.45. The van der Waals surface area contributed by atoms with Crippen LogP contribution in [0.4, 0.5) is 0 Å². The van der Waals surface area contributed by atoms with E-state index >= 15 is 0 Å². The first-order chi connectivity index (χ1) is 6.66. The molecule has 0 spiro atoms. The molecule has 14 heavy (non-hydrogen) atoms. The van der Waals surface area contributed by atoms with Gasteiger partial charge in [-0.2, -0.15) is 11.8 Å². The van der Waals surface area contributed by atoms with E-state index in [1.54, 1.807) is 0 Å². The van der Waals surface area contributed by atoms with Crippen LogP contribution in [-0.2, 0) is 4.74 Å². The summed E-state index contributed by atoms with van der Waals surface area (Å²) in [6.45, 7) is 11.5. The SMILES string of the molecule is CCSCC(C)NCCOCC(C)C. The van der Waals surface area contributed by atoms with Gasteiger partial charge in [-0.25, -0.2) is 0 Å². The summed E-state index contributed by atoms with van der Waals surface area (Å²) in [7, 11) is 0. The molecule has 0 fully saturated rings. The van der Waals surface area contributed by atoms with Gasteiger partial charge in [0.25, 0.3) is 0 Å². The second-order valence-electron chi connectivity index (χ2n) is 3.98. The maximum Gasteiger partial charge on any atom is 0.0591 e. The number of ether oxygens (including phenoxy) is 1. The van der Waals surface area contributed by atoms with Crippen molar-refractivity contribution in [1.29, 1.82) is 0 Å². The van der Waals surface area contributed by atoms with E-state index in [1.165, 1.54) is 11.5 Å². The minimum atomic E-state index is 0.600. The second-order valence-corrected chi connectivity index (χ2v) is 5.30. The Labute approximate surface area is 93.2 Å². The third-order valence-electron chi connectivity index (χ3n) is 1.76. The monoisotopic (exact) mass is 219 g/mol. The van der Waals surface area contributed by atoms with Gasteiger partial charge in [-0.3, -0.25) is 0 Å². The van der Waals surface area contributed by atoms with Crippen LogP contribution < -0.4 is 5.32 Å². The summed E-state index contributed by atoms with van der Waals surface area (Å²) >= 11 is 1.98. The molecule has 0 aliphatic heterocycles. The van der Waals surface area contributed by atoms with Crippen molar-refractivity contribution in [3.05, 3.63) is 0 Å². The molecule has 1 unspecified atom stereocenters. The Bertz CT molecular complexity index is 120. The first kappa shape index (κ1) is 14.3. The van der Waals surface area contributed by atoms with Gasteiger partial charge in [-0.1, -0.05) is 20.8 Å². The second kappa shape index (κ2) is 9.81. The number of hydrogen-bond donors (Lipinski definition) is 1. The van der Waals surface area contributed by atoms with Crippen molar-refractivity contribution in [2.75, 3.05) is 31.3 Å². The van der Waals surface area contributed by atoms with Gasteiger partial charge in [-0.15, -0.1) is 0 Å². The molecule has 2 nitrogen and oxygen atoms in total. The summed E-state index contributed by atoms with van der Waals surface area (Å²) < 4.78 is 5.48. The fourth-order valence-electron chi connectivity index (χ4n) is 1.05. The molecule has 0 amide bonds. The third kappa shape index (κ3) is 10.4. The number of nitrogens with one attached hydrogen (secondary N) is 1. The van der Waals surface area contributed by atoms with Gasteiger partial charge in [-0.05, 0) is 18.6 Å². The lowest BCUT2D eigenvalue weighted by atomic mass is 10.2. The molecule has 0 heterocycles. The molecular weight excluding hydrogens is 194 g/mol. The Balaban J connectivity index is 3.10. The van der Waals surface area contributed by atoms with E-state index in [1.807, 2.05) is 11.8 Å². The van der Waals surface area contributed by atoms with Crippen molar-refractivity contribution in [2.24, 2.45) is 5.92 Å². The van der Waals surface area contributed by atoms with Crippen LogP contribution in [0, 0.1) is 5.92 Å². The van der Waals surface area contributed by atoms with E-state index < -0.39 is 0 Å². The van der Waals surface area contributed by atoms with Crippen molar-refractivity contribution in [2.45, 2.75) is 33.7 Å². The van der Waals surface area contributed by atoms with E-state index in [2.05, 4.69) is 33.0 Å². The third-order valence-corrected chi connectivity index (χ3v) is 2.91. The van der Waals surface area contributed by atoms with Crippen LogP contribution in [-0.4, -0.2) is 37.3 Å². The Morgan fingerprint density at radius 1 is 1.29 bits per heavy atom. The minimum absolute atomic E-state index is 0.600. The maximum absolute atomic E-state index is 5.48. The molecule has 0 aromatic heterocycles. The van der Waals surface area contributed by atoms with E-state index in [9.17, 15) is 0 Å². The number of thioether (sulfide) groups is 1. The van der Waals surface area contributed by atoms with E-state index in [4.69, 9.17) is 4.74 Å². The lowest BCUT2D eigenvalue weighted by Gasteiger charge is -2.13. The summed E-state index contributed by atoms with van der Waals surface area (Å²) in [6, 6.07) is 0.600. The Morgan fingerprint density at radius 2 is 2.00 bits per heavy atom. The number of hydrogen-bond acceptors (Lipinski definition) is 3. The lowest BCUT2D eigenvalue weighted by molar-refractivity contribution is 0.111. The quantitative estimate of drug-likeness (QED) is 0.602. The van der Waals surface area contributed by atoms with Crippen molar-refractivity contribution >= 4 is 11.8 Å². The molecule has 0 radical (unpaired) electrons. The summed E-state index contributed by atoms with van der Waals surface area (Å²) in [5.74, 6) is 3.04. The smallest absolute Gasteiger partial charge is 0.0591 e. The van der Waals surface area contributed by atoms with Crippen molar-refractivity contribution in [1.82, 2.24) is 5.32 Å². The molecule has 86 valence electrons. The van der Waals surface area contributed by atoms with Crippen molar-refractivity contribution < 1.29 is 4.74 Å². The number of rotatable bonds is 9. The van der Waals surface area contributed by atoms with Gasteiger partial charge in [0.15, 0.2) is 0 Å². The molecule has 0 aromatic rings. The Morgan fingerprint density at radius 3 is 2.57 bits per heavy atom. The van der Waals surface area contributed by atoms with Gasteiger partial charge < -0.3 is 10.1 Å². The van der Waals surface area contributed by atoms with E-state index in [-0.39, 0.29) is 0 Å². The highest BCUT2D eigenvalue weighted by Crippen LogP contribution is 2.00. The highest BCUT2D eigenvalue weighted by molar-refractivity contribution is 7.99. The average Bonchev–Trinajstić information content (AvgIpc) is 2.13. The van der Waals surface area contributed by atoms with E-state index in [0.717, 1.165) is 19.8 Å². The van der Waals surface area contributed by atoms with Crippen molar-refractivity contribution in [3.63, 3.8) is 0 Å². The van der Waals surface area contributed by atoms with Gasteiger partial charge in [0.05, 0.1) is 6.61 Å². The molecule has 0 saturated carbocycles. The molecule has 0 aliphatic rings. The fourth-order valence-corrected chi connectivity index (χ4v) is 1.76. The zero-order chi connectivity index (χ0) is 10.8. The van der Waals surface area contributed by atoms with Crippen LogP contribution in [0.15, 0.2) is 0 Å². The standard InChI is InChI=1S/C11H25NOS/c1-5-14-9-11(4)12-6-7-13-8-10(2)3/h10-12H,5-9H2,1-4H3. The molecule has 3 heteroatoms. The van der Waals surface area contributed by atoms with Crippen LogP contribution in [0.3, 0.4) is 0 Å². The molecule has 0 saturated heterocycles. The lowest BCUT2D eigenvalue weighted by Crippen LogP contribution is -2.31. The summed E-state index contributed by atoms with van der Waals surface area (Å²) in [4.78, 5) is 0. The molecule has 0 rings (SSSR count). The normalized spacial score (nSPS) is 13.5. The van der Waals surface area contributed by atoms with E-state index in [0.29, 0.717) is 12.0 Å². The van der Waals surface area contributed by atoms with Gasteiger partial charge >= 0.3 is 0 Å². The topological polar surface area (TPSA) is 21.3 Å². The van der Waals surface area contributed by atoms with Crippen LogP contribution in [0.1, 0.15) is 27.7 Å². The molecular formula is C11H25NOS. The zero-order valence-electron chi connectivity index (χ0n) is 10.0. The van der Waals surface area contributed by atoms with Crippen LogP contribution in [0.2, 0.25) is 0 Å². The largest absolute Gasteiger partial charge is 0.380 e. The molecule has 0 aliphatic carbocycles. The summed E-state index contributed by atoms with van der Waals surface area (Å²) in [5.41, 5.74) is 0. The summed E-state index contributed by atoms with van der Waals surface area (Å²) in [6.07, 6.45) is 0. The maximum atomic E-state index is 5.48. The van der Waals surface area contributed by atoms with Crippen molar-refractivity contribution in [3.8, 4) is 0 Å². The van der Waals surface area contributed by atoms with Crippen LogP contribution in [0.25, 0.3) is 0 Å². The molecule has 1 N–H and O–H groups in total. The first-order valence-electron chi connectivity index (χ1n) is 5.55. The van der Waals surface area contributed by atoms with Crippen LogP contribution in [0.5, 0.6) is 0 Å². The minimum Gasteiger partial charge on any atom is -0.380 e. The first-order valence-corrected chi connectivity index (χ1v) is 6.71. The van der Waals surface area contributed by atoms with Gasteiger partial charge in [0.2, 0.25) is 0 Å². The van der Waals surface area contributed by atoms with Crippen LogP contribution >= 0.6 is 11.8 Å².